The van der Waals surface area contributed by atoms with Crippen molar-refractivity contribution in [3.8, 4) is 0 Å². The number of rotatable bonds is 4. The summed E-state index contributed by atoms with van der Waals surface area (Å²) in [6.07, 6.45) is 1.36. The quantitative estimate of drug-likeness (QED) is 0.695. The van der Waals surface area contributed by atoms with Crippen LogP contribution >= 0.6 is 0 Å². The first kappa shape index (κ1) is 15.1. The standard InChI is InChI=1S/C13H10F5N3/c1-2-9-12(18)13(21-5-20-9)19-4-6-10(16)7(14)3-8(15)11(6)17/h3,5H,2,4H2,1H3,(H,19,20,21). The highest BCUT2D eigenvalue weighted by atomic mass is 19.2. The molecule has 21 heavy (non-hydrogen) atoms. The van der Waals surface area contributed by atoms with Gasteiger partial charge in [0.1, 0.15) is 6.33 Å². The first-order valence-electron chi connectivity index (χ1n) is 6.00. The Morgan fingerprint density at radius 1 is 0.952 bits per heavy atom. The Morgan fingerprint density at radius 2 is 1.57 bits per heavy atom. The second-order valence-electron chi connectivity index (χ2n) is 4.14. The smallest absolute Gasteiger partial charge is 0.186 e. The van der Waals surface area contributed by atoms with Gasteiger partial charge in [-0.05, 0) is 6.42 Å². The highest BCUT2D eigenvalue weighted by molar-refractivity contribution is 5.39. The van der Waals surface area contributed by atoms with Crippen LogP contribution in [0, 0.1) is 29.1 Å². The fourth-order valence-corrected chi connectivity index (χ4v) is 1.73. The van der Waals surface area contributed by atoms with Gasteiger partial charge >= 0.3 is 0 Å². The van der Waals surface area contributed by atoms with Gasteiger partial charge in [-0.25, -0.2) is 31.9 Å². The molecule has 0 amide bonds. The van der Waals surface area contributed by atoms with Crippen LogP contribution in [0.15, 0.2) is 12.4 Å². The molecule has 1 N–H and O–H groups in total. The molecule has 0 radical (unpaired) electrons. The van der Waals surface area contributed by atoms with Crippen molar-refractivity contribution in [3.05, 3.63) is 52.7 Å². The van der Waals surface area contributed by atoms with Crippen molar-refractivity contribution in [1.29, 1.82) is 0 Å². The topological polar surface area (TPSA) is 37.8 Å². The van der Waals surface area contributed by atoms with E-state index < -0.39 is 41.2 Å². The van der Waals surface area contributed by atoms with Crippen LogP contribution in [-0.4, -0.2) is 9.97 Å². The van der Waals surface area contributed by atoms with Crippen LogP contribution < -0.4 is 5.32 Å². The molecule has 0 atom stereocenters. The fourth-order valence-electron chi connectivity index (χ4n) is 1.73. The van der Waals surface area contributed by atoms with Gasteiger partial charge < -0.3 is 5.32 Å². The third-order valence-electron chi connectivity index (χ3n) is 2.83. The number of benzene rings is 1. The molecule has 0 fully saturated rings. The summed E-state index contributed by atoms with van der Waals surface area (Å²) in [5.74, 6) is -7.20. The summed E-state index contributed by atoms with van der Waals surface area (Å²) in [4.78, 5) is 7.26. The van der Waals surface area contributed by atoms with Gasteiger partial charge in [-0.3, -0.25) is 0 Å². The van der Waals surface area contributed by atoms with Crippen molar-refractivity contribution >= 4 is 5.82 Å². The molecule has 0 aliphatic heterocycles. The van der Waals surface area contributed by atoms with E-state index in [0.717, 1.165) is 6.33 Å². The van der Waals surface area contributed by atoms with Crippen molar-refractivity contribution in [1.82, 2.24) is 9.97 Å². The van der Waals surface area contributed by atoms with Gasteiger partial charge in [0.15, 0.2) is 34.9 Å². The molecule has 2 rings (SSSR count). The fraction of sp³-hybridized carbons (Fsp3) is 0.231. The van der Waals surface area contributed by atoms with Crippen molar-refractivity contribution in [2.24, 2.45) is 0 Å². The lowest BCUT2D eigenvalue weighted by molar-refractivity contribution is 0.440. The molecule has 3 nitrogen and oxygen atoms in total. The van der Waals surface area contributed by atoms with Crippen molar-refractivity contribution in [3.63, 3.8) is 0 Å². The van der Waals surface area contributed by atoms with Gasteiger partial charge in [-0.15, -0.1) is 0 Å². The first-order valence-corrected chi connectivity index (χ1v) is 6.00. The van der Waals surface area contributed by atoms with Gasteiger partial charge in [-0.2, -0.15) is 0 Å². The molecule has 0 spiro atoms. The van der Waals surface area contributed by atoms with Crippen LogP contribution in [0.3, 0.4) is 0 Å². The highest BCUT2D eigenvalue weighted by Crippen LogP contribution is 2.21. The summed E-state index contributed by atoms with van der Waals surface area (Å²) in [6, 6.07) is 0.106. The molecule has 1 heterocycles. The van der Waals surface area contributed by atoms with Crippen LogP contribution in [0.1, 0.15) is 18.2 Å². The zero-order valence-corrected chi connectivity index (χ0v) is 10.9. The number of nitrogens with one attached hydrogen (secondary N) is 1. The third kappa shape index (κ3) is 2.93. The lowest BCUT2D eigenvalue weighted by atomic mass is 10.1. The second kappa shape index (κ2) is 6.02. The molecular formula is C13H10F5N3. The lowest BCUT2D eigenvalue weighted by Gasteiger charge is -2.10. The molecule has 0 aliphatic carbocycles. The average Bonchev–Trinajstić information content (AvgIpc) is 2.46. The molecular weight excluding hydrogens is 293 g/mol. The van der Waals surface area contributed by atoms with Crippen molar-refractivity contribution < 1.29 is 22.0 Å². The Labute approximate surface area is 116 Å². The maximum Gasteiger partial charge on any atom is 0.186 e. The van der Waals surface area contributed by atoms with Gasteiger partial charge in [0.2, 0.25) is 0 Å². The number of hydrogen-bond donors (Lipinski definition) is 1. The minimum atomic E-state index is -1.54. The maximum absolute atomic E-state index is 13.8. The molecule has 8 heteroatoms. The molecule has 0 saturated carbocycles. The van der Waals surface area contributed by atoms with Crippen LogP contribution in [-0.2, 0) is 13.0 Å². The Balaban J connectivity index is 2.29. The Kier molecular flexibility index (Phi) is 4.35. The summed E-state index contributed by atoms with van der Waals surface area (Å²) in [5.41, 5.74) is -0.762. The van der Waals surface area contributed by atoms with E-state index in [1.165, 1.54) is 0 Å². The maximum atomic E-state index is 13.8. The van der Waals surface area contributed by atoms with E-state index in [9.17, 15) is 22.0 Å². The minimum Gasteiger partial charge on any atom is -0.363 e. The predicted octanol–water partition coefficient (Wildman–Crippen LogP) is 3.35. The van der Waals surface area contributed by atoms with Crippen molar-refractivity contribution in [2.45, 2.75) is 19.9 Å². The van der Waals surface area contributed by atoms with E-state index in [2.05, 4.69) is 15.3 Å². The molecule has 0 unspecified atom stereocenters. The van der Waals surface area contributed by atoms with Crippen molar-refractivity contribution in [2.75, 3.05) is 5.32 Å². The van der Waals surface area contributed by atoms with E-state index in [-0.39, 0.29) is 17.6 Å². The zero-order valence-electron chi connectivity index (χ0n) is 10.9. The molecule has 0 bridgehead atoms. The van der Waals surface area contributed by atoms with Crippen LogP contribution in [0.25, 0.3) is 0 Å². The van der Waals surface area contributed by atoms with Crippen LogP contribution in [0.2, 0.25) is 0 Å². The van der Waals surface area contributed by atoms with Crippen LogP contribution in [0.4, 0.5) is 27.8 Å². The number of nitrogens with zero attached hydrogens (tertiary/aromatic N) is 2. The Hall–Kier alpha value is -2.25. The molecule has 1 aromatic carbocycles. The lowest BCUT2D eigenvalue weighted by Crippen LogP contribution is -2.11. The monoisotopic (exact) mass is 303 g/mol. The Bertz CT molecular complexity index is 649. The second-order valence-corrected chi connectivity index (χ2v) is 4.14. The molecule has 1 aromatic heterocycles. The van der Waals surface area contributed by atoms with Gasteiger partial charge in [-0.1, -0.05) is 6.92 Å². The first-order chi connectivity index (χ1) is 9.95. The summed E-state index contributed by atoms with van der Waals surface area (Å²) in [5, 5.41) is 2.30. The number of halogens is 5. The molecule has 0 aliphatic rings. The van der Waals surface area contributed by atoms with E-state index >= 15 is 0 Å². The largest absolute Gasteiger partial charge is 0.363 e. The predicted molar refractivity (Wildman–Crippen MR) is 65.0 cm³/mol. The molecule has 2 aromatic rings. The summed E-state index contributed by atoms with van der Waals surface area (Å²) in [6.45, 7) is 1.000. The number of aryl methyl sites for hydroxylation is 1. The van der Waals surface area contributed by atoms with Gasteiger partial charge in [0.05, 0.1) is 5.69 Å². The van der Waals surface area contributed by atoms with E-state index in [4.69, 9.17) is 0 Å². The zero-order chi connectivity index (χ0) is 15.6. The molecule has 0 saturated heterocycles. The summed E-state index contributed by atoms with van der Waals surface area (Å²) < 4.78 is 66.8. The summed E-state index contributed by atoms with van der Waals surface area (Å²) in [7, 11) is 0. The van der Waals surface area contributed by atoms with E-state index in [1.54, 1.807) is 6.92 Å². The summed E-state index contributed by atoms with van der Waals surface area (Å²) >= 11 is 0. The van der Waals surface area contributed by atoms with E-state index in [1.807, 2.05) is 0 Å². The average molecular weight is 303 g/mol. The van der Waals surface area contributed by atoms with Gasteiger partial charge in [0.25, 0.3) is 0 Å². The Morgan fingerprint density at radius 3 is 2.14 bits per heavy atom. The number of hydrogen-bond acceptors (Lipinski definition) is 3. The van der Waals surface area contributed by atoms with E-state index in [0.29, 0.717) is 6.42 Å². The third-order valence-corrected chi connectivity index (χ3v) is 2.83. The number of aromatic nitrogens is 2. The highest BCUT2D eigenvalue weighted by Gasteiger charge is 2.19. The molecule has 112 valence electrons. The minimum absolute atomic E-state index is 0.106. The van der Waals surface area contributed by atoms with Crippen LogP contribution in [0.5, 0.6) is 0 Å². The van der Waals surface area contributed by atoms with Gasteiger partial charge in [0, 0.05) is 18.2 Å². The number of anilines is 1. The normalized spacial score (nSPS) is 10.8. The SMILES string of the molecule is CCc1ncnc(NCc2c(F)c(F)cc(F)c2F)c1F.